The van der Waals surface area contributed by atoms with E-state index in [1.54, 1.807) is 12.0 Å². The molecule has 0 bridgehead atoms. The predicted octanol–water partition coefficient (Wildman–Crippen LogP) is -0.367. The second-order valence-electron chi connectivity index (χ2n) is 3.68. The van der Waals surface area contributed by atoms with Gasteiger partial charge in [0, 0.05) is 20.2 Å². The highest BCUT2D eigenvalue weighted by Crippen LogP contribution is 2.09. The highest BCUT2D eigenvalue weighted by molar-refractivity contribution is 5.77. The molecule has 1 heterocycles. The van der Waals surface area contributed by atoms with Crippen LogP contribution >= 0.6 is 0 Å². The van der Waals surface area contributed by atoms with Crippen LogP contribution in [-0.4, -0.2) is 62.0 Å². The number of nitrogens with zero attached hydrogens (tertiary/aromatic N) is 1. The van der Waals surface area contributed by atoms with Gasteiger partial charge in [0.05, 0.1) is 19.3 Å². The third-order valence-corrected chi connectivity index (χ3v) is 2.41. The van der Waals surface area contributed by atoms with Crippen molar-refractivity contribution in [1.29, 1.82) is 0 Å². The molecule has 1 saturated heterocycles. The molecule has 0 aromatic carbocycles. The molecule has 1 amide bonds. The minimum Gasteiger partial charge on any atom is -0.391 e. The van der Waals surface area contributed by atoms with Gasteiger partial charge in [0.15, 0.2) is 0 Å². The SMILES string of the molecule is COCCOCC(=O)N1CCCC(O)C1. The number of ether oxygens (including phenoxy) is 2. The lowest BCUT2D eigenvalue weighted by atomic mass is 10.1. The van der Waals surface area contributed by atoms with Crippen molar-refractivity contribution in [3.63, 3.8) is 0 Å². The fourth-order valence-electron chi connectivity index (χ4n) is 1.57. The number of hydrogen-bond acceptors (Lipinski definition) is 4. The minimum atomic E-state index is -0.373. The maximum absolute atomic E-state index is 11.6. The molecule has 5 nitrogen and oxygen atoms in total. The van der Waals surface area contributed by atoms with Gasteiger partial charge in [-0.15, -0.1) is 0 Å². The highest BCUT2D eigenvalue weighted by atomic mass is 16.5. The Morgan fingerprint density at radius 3 is 3.00 bits per heavy atom. The second-order valence-corrected chi connectivity index (χ2v) is 3.68. The van der Waals surface area contributed by atoms with Crippen molar-refractivity contribution in [2.45, 2.75) is 18.9 Å². The van der Waals surface area contributed by atoms with Gasteiger partial charge in [-0.05, 0) is 12.8 Å². The molecule has 5 heteroatoms. The number of β-amino-alcohol motifs (C(OH)–C–C–N with tert-alkyl or cyclic N) is 1. The number of piperidine rings is 1. The van der Waals surface area contributed by atoms with Crippen LogP contribution in [0.4, 0.5) is 0 Å². The molecule has 1 atom stereocenters. The van der Waals surface area contributed by atoms with Crippen molar-refractivity contribution in [3.8, 4) is 0 Å². The number of aliphatic hydroxyl groups is 1. The highest BCUT2D eigenvalue weighted by Gasteiger charge is 2.21. The molecule has 0 aromatic heterocycles. The van der Waals surface area contributed by atoms with Gasteiger partial charge in [0.2, 0.25) is 5.91 Å². The molecular weight excluding hydrogens is 198 g/mol. The molecule has 88 valence electrons. The monoisotopic (exact) mass is 217 g/mol. The number of hydrogen-bond donors (Lipinski definition) is 1. The first-order valence-electron chi connectivity index (χ1n) is 5.26. The molecule has 1 fully saturated rings. The summed E-state index contributed by atoms with van der Waals surface area (Å²) >= 11 is 0. The van der Waals surface area contributed by atoms with E-state index in [9.17, 15) is 9.90 Å². The van der Waals surface area contributed by atoms with Gasteiger partial charge in [0.25, 0.3) is 0 Å². The summed E-state index contributed by atoms with van der Waals surface area (Å²) in [5, 5.41) is 9.38. The first-order chi connectivity index (χ1) is 7.24. The van der Waals surface area contributed by atoms with Crippen LogP contribution in [0, 0.1) is 0 Å². The smallest absolute Gasteiger partial charge is 0.248 e. The lowest BCUT2D eigenvalue weighted by Crippen LogP contribution is -2.43. The van der Waals surface area contributed by atoms with Gasteiger partial charge in [0.1, 0.15) is 6.61 Å². The lowest BCUT2D eigenvalue weighted by molar-refractivity contribution is -0.139. The van der Waals surface area contributed by atoms with E-state index in [2.05, 4.69) is 0 Å². The third kappa shape index (κ3) is 4.59. The number of aliphatic hydroxyl groups excluding tert-OH is 1. The molecular formula is C10H19NO4. The summed E-state index contributed by atoms with van der Waals surface area (Å²) in [7, 11) is 1.59. The van der Waals surface area contributed by atoms with Crippen molar-refractivity contribution in [2.75, 3.05) is 40.0 Å². The van der Waals surface area contributed by atoms with Gasteiger partial charge >= 0.3 is 0 Å². The third-order valence-electron chi connectivity index (χ3n) is 2.41. The van der Waals surface area contributed by atoms with Gasteiger partial charge in [-0.25, -0.2) is 0 Å². The molecule has 15 heavy (non-hydrogen) atoms. The Bertz CT molecular complexity index is 198. The fourth-order valence-corrected chi connectivity index (χ4v) is 1.57. The average Bonchev–Trinajstić information content (AvgIpc) is 2.24. The Kier molecular flexibility index (Phi) is 5.60. The molecule has 1 unspecified atom stereocenters. The molecule has 0 aliphatic carbocycles. The van der Waals surface area contributed by atoms with E-state index in [0.717, 1.165) is 19.4 Å². The largest absolute Gasteiger partial charge is 0.391 e. The fraction of sp³-hybridized carbons (Fsp3) is 0.900. The molecule has 1 aliphatic rings. The Balaban J connectivity index is 2.15. The van der Waals surface area contributed by atoms with Gasteiger partial charge in [-0.2, -0.15) is 0 Å². The standard InChI is InChI=1S/C10H19NO4/c1-14-5-6-15-8-10(13)11-4-2-3-9(12)7-11/h9,12H,2-8H2,1H3. The molecule has 0 spiro atoms. The van der Waals surface area contributed by atoms with Gasteiger partial charge in [-0.1, -0.05) is 0 Å². The van der Waals surface area contributed by atoms with Crippen LogP contribution in [0.15, 0.2) is 0 Å². The summed E-state index contributed by atoms with van der Waals surface area (Å²) in [6, 6.07) is 0. The summed E-state index contributed by atoms with van der Waals surface area (Å²) in [5.41, 5.74) is 0. The molecule has 1 N–H and O–H groups in total. The zero-order valence-electron chi connectivity index (χ0n) is 9.15. The number of carbonyl (C=O) groups is 1. The van der Waals surface area contributed by atoms with Crippen molar-refractivity contribution < 1.29 is 19.4 Å². The predicted molar refractivity (Wildman–Crippen MR) is 54.5 cm³/mol. The number of likely N-dealkylation sites (tertiary alicyclic amines) is 1. The quantitative estimate of drug-likeness (QED) is 0.638. The van der Waals surface area contributed by atoms with Crippen molar-refractivity contribution in [2.24, 2.45) is 0 Å². The maximum Gasteiger partial charge on any atom is 0.248 e. The minimum absolute atomic E-state index is 0.0511. The molecule has 0 radical (unpaired) electrons. The van der Waals surface area contributed by atoms with E-state index in [0.29, 0.717) is 19.8 Å². The summed E-state index contributed by atoms with van der Waals surface area (Å²) < 4.78 is 9.92. The Labute approximate surface area is 90.0 Å². The van der Waals surface area contributed by atoms with Crippen molar-refractivity contribution in [1.82, 2.24) is 4.90 Å². The van der Waals surface area contributed by atoms with E-state index in [-0.39, 0.29) is 18.6 Å². The molecule has 1 rings (SSSR count). The zero-order valence-corrected chi connectivity index (χ0v) is 9.15. The van der Waals surface area contributed by atoms with Crippen LogP contribution in [0.3, 0.4) is 0 Å². The Morgan fingerprint density at radius 2 is 2.33 bits per heavy atom. The van der Waals surface area contributed by atoms with E-state index in [1.165, 1.54) is 0 Å². The summed E-state index contributed by atoms with van der Waals surface area (Å²) in [5.74, 6) is -0.0511. The van der Waals surface area contributed by atoms with Crippen LogP contribution in [0.5, 0.6) is 0 Å². The second kappa shape index (κ2) is 6.76. The van der Waals surface area contributed by atoms with Gasteiger partial charge < -0.3 is 19.5 Å². The maximum atomic E-state index is 11.6. The van der Waals surface area contributed by atoms with Crippen LogP contribution in [-0.2, 0) is 14.3 Å². The first-order valence-corrected chi connectivity index (χ1v) is 5.26. The summed E-state index contributed by atoms with van der Waals surface area (Å²) in [6.45, 7) is 2.17. The molecule has 1 aliphatic heterocycles. The Morgan fingerprint density at radius 1 is 1.53 bits per heavy atom. The van der Waals surface area contributed by atoms with E-state index >= 15 is 0 Å². The number of rotatable bonds is 5. The summed E-state index contributed by atoms with van der Waals surface area (Å²) in [6.07, 6.45) is 1.28. The average molecular weight is 217 g/mol. The first kappa shape index (κ1) is 12.4. The molecule has 0 saturated carbocycles. The molecule has 0 aromatic rings. The van der Waals surface area contributed by atoms with E-state index in [4.69, 9.17) is 9.47 Å². The van der Waals surface area contributed by atoms with E-state index in [1.807, 2.05) is 0 Å². The van der Waals surface area contributed by atoms with Crippen molar-refractivity contribution in [3.05, 3.63) is 0 Å². The van der Waals surface area contributed by atoms with Gasteiger partial charge in [-0.3, -0.25) is 4.79 Å². The van der Waals surface area contributed by atoms with Crippen LogP contribution in [0.2, 0.25) is 0 Å². The summed E-state index contributed by atoms with van der Waals surface area (Å²) in [4.78, 5) is 13.2. The van der Waals surface area contributed by atoms with Crippen LogP contribution in [0.25, 0.3) is 0 Å². The zero-order chi connectivity index (χ0) is 11.1. The lowest BCUT2D eigenvalue weighted by Gasteiger charge is -2.29. The number of methoxy groups -OCH3 is 1. The van der Waals surface area contributed by atoms with Crippen molar-refractivity contribution >= 4 is 5.91 Å². The van der Waals surface area contributed by atoms with E-state index < -0.39 is 0 Å². The van der Waals surface area contributed by atoms with Crippen LogP contribution in [0.1, 0.15) is 12.8 Å². The number of amides is 1. The normalized spacial score (nSPS) is 21.7. The number of carbonyl (C=O) groups excluding carboxylic acids is 1. The van der Waals surface area contributed by atoms with Crippen LogP contribution < -0.4 is 0 Å². The Hall–Kier alpha value is -0.650. The topological polar surface area (TPSA) is 59.0 Å².